The van der Waals surface area contributed by atoms with Crippen LogP contribution in [0, 0.1) is 0 Å². The number of hydrogen-bond donors (Lipinski definition) is 2. The second-order valence-corrected chi connectivity index (χ2v) is 7.33. The van der Waals surface area contributed by atoms with Gasteiger partial charge >= 0.3 is 5.97 Å². The fourth-order valence-electron chi connectivity index (χ4n) is 3.44. The zero-order chi connectivity index (χ0) is 20.0. The number of likely N-dealkylation sites (tertiary alicyclic amines) is 1. The first-order valence-electron chi connectivity index (χ1n) is 10.6. The van der Waals surface area contributed by atoms with Gasteiger partial charge < -0.3 is 15.4 Å². The predicted octanol–water partition coefficient (Wildman–Crippen LogP) is 2.94. The molecule has 1 aliphatic rings. The Kier molecular flexibility index (Phi) is 10.4. The number of aliphatic imine (C=N–C) groups is 1. The molecule has 2 rings (SSSR count). The standard InChI is InChI=1S/C22H36N4O2/c1-3-23-22(24-15-9-5-8-12-21(27)28-2)25-20-13-16-26(17-14-20)18-19-10-6-4-7-11-19/h4,6-7,10-11,20H,3,5,8-9,12-18H2,1-2H3,(H2,23,24,25). The van der Waals surface area contributed by atoms with E-state index in [-0.39, 0.29) is 5.97 Å². The van der Waals surface area contributed by atoms with E-state index in [2.05, 4.69) is 57.5 Å². The fourth-order valence-corrected chi connectivity index (χ4v) is 3.44. The van der Waals surface area contributed by atoms with Crippen molar-refractivity contribution in [1.29, 1.82) is 0 Å². The zero-order valence-corrected chi connectivity index (χ0v) is 17.5. The topological polar surface area (TPSA) is 66.0 Å². The normalized spacial score (nSPS) is 16.0. The maximum Gasteiger partial charge on any atom is 0.305 e. The van der Waals surface area contributed by atoms with Gasteiger partial charge in [0.15, 0.2) is 5.96 Å². The highest BCUT2D eigenvalue weighted by Crippen LogP contribution is 2.13. The summed E-state index contributed by atoms with van der Waals surface area (Å²) < 4.78 is 4.66. The van der Waals surface area contributed by atoms with Crippen molar-refractivity contribution in [2.24, 2.45) is 4.99 Å². The van der Waals surface area contributed by atoms with Crippen molar-refractivity contribution >= 4 is 11.9 Å². The summed E-state index contributed by atoms with van der Waals surface area (Å²) in [6.45, 7) is 6.99. The number of carbonyl (C=O) groups excluding carboxylic acids is 1. The molecule has 2 N–H and O–H groups in total. The Hall–Kier alpha value is -2.08. The van der Waals surface area contributed by atoms with Crippen molar-refractivity contribution in [1.82, 2.24) is 15.5 Å². The van der Waals surface area contributed by atoms with Crippen LogP contribution in [0.4, 0.5) is 0 Å². The second kappa shape index (κ2) is 13.2. The lowest BCUT2D eigenvalue weighted by Gasteiger charge is -2.33. The van der Waals surface area contributed by atoms with Crippen LogP contribution in [0.25, 0.3) is 0 Å². The van der Waals surface area contributed by atoms with Gasteiger partial charge in [-0.15, -0.1) is 0 Å². The van der Waals surface area contributed by atoms with Gasteiger partial charge in [-0.3, -0.25) is 14.7 Å². The Bertz CT molecular complexity index is 583. The SMILES string of the molecule is CCNC(=NCCCCCC(=O)OC)NC1CCN(Cc2ccccc2)CC1. The molecule has 1 fully saturated rings. The van der Waals surface area contributed by atoms with Gasteiger partial charge in [0.25, 0.3) is 0 Å². The van der Waals surface area contributed by atoms with E-state index in [4.69, 9.17) is 4.99 Å². The number of benzene rings is 1. The van der Waals surface area contributed by atoms with Gasteiger partial charge in [0, 0.05) is 45.2 Å². The third-order valence-electron chi connectivity index (χ3n) is 5.06. The fraction of sp³-hybridized carbons (Fsp3) is 0.636. The van der Waals surface area contributed by atoms with Gasteiger partial charge in [0.05, 0.1) is 7.11 Å². The lowest BCUT2D eigenvalue weighted by molar-refractivity contribution is -0.140. The molecular weight excluding hydrogens is 352 g/mol. The molecule has 6 heteroatoms. The summed E-state index contributed by atoms with van der Waals surface area (Å²) in [7, 11) is 1.44. The number of nitrogens with one attached hydrogen (secondary N) is 2. The summed E-state index contributed by atoms with van der Waals surface area (Å²) in [6.07, 6.45) is 5.62. The zero-order valence-electron chi connectivity index (χ0n) is 17.5. The number of esters is 1. The highest BCUT2D eigenvalue weighted by atomic mass is 16.5. The van der Waals surface area contributed by atoms with Gasteiger partial charge in [0.1, 0.15) is 0 Å². The number of ether oxygens (including phenoxy) is 1. The molecule has 1 heterocycles. The first-order chi connectivity index (χ1) is 13.7. The third-order valence-corrected chi connectivity index (χ3v) is 5.06. The summed E-state index contributed by atoms with van der Waals surface area (Å²) in [5.41, 5.74) is 1.39. The highest BCUT2D eigenvalue weighted by Gasteiger charge is 2.19. The van der Waals surface area contributed by atoms with Gasteiger partial charge in [-0.1, -0.05) is 36.8 Å². The van der Waals surface area contributed by atoms with Crippen LogP contribution in [-0.2, 0) is 16.1 Å². The summed E-state index contributed by atoms with van der Waals surface area (Å²) in [5, 5.41) is 6.95. The lowest BCUT2D eigenvalue weighted by atomic mass is 10.0. The minimum Gasteiger partial charge on any atom is -0.469 e. The third kappa shape index (κ3) is 8.74. The molecule has 1 aromatic rings. The Morgan fingerprint density at radius 2 is 1.93 bits per heavy atom. The molecule has 0 spiro atoms. The lowest BCUT2D eigenvalue weighted by Crippen LogP contribution is -2.48. The molecule has 0 aromatic heterocycles. The van der Waals surface area contributed by atoms with E-state index in [1.807, 2.05) is 0 Å². The maximum atomic E-state index is 11.1. The van der Waals surface area contributed by atoms with Crippen LogP contribution in [0.2, 0.25) is 0 Å². The number of methoxy groups -OCH3 is 1. The Labute approximate surface area is 169 Å². The minimum absolute atomic E-state index is 0.128. The summed E-state index contributed by atoms with van der Waals surface area (Å²) in [4.78, 5) is 18.3. The molecule has 1 aliphatic heterocycles. The molecule has 0 unspecified atom stereocenters. The number of nitrogens with zero attached hydrogens (tertiary/aromatic N) is 2. The quantitative estimate of drug-likeness (QED) is 0.279. The van der Waals surface area contributed by atoms with Crippen LogP contribution in [0.5, 0.6) is 0 Å². The number of unbranched alkanes of at least 4 members (excludes halogenated alkanes) is 2. The largest absolute Gasteiger partial charge is 0.469 e. The van der Waals surface area contributed by atoms with E-state index in [0.717, 1.165) is 70.8 Å². The van der Waals surface area contributed by atoms with Crippen molar-refractivity contribution in [2.75, 3.05) is 33.3 Å². The molecular formula is C22H36N4O2. The monoisotopic (exact) mass is 388 g/mol. The van der Waals surface area contributed by atoms with E-state index in [9.17, 15) is 4.79 Å². The van der Waals surface area contributed by atoms with Crippen LogP contribution in [0.3, 0.4) is 0 Å². The van der Waals surface area contributed by atoms with Gasteiger partial charge in [-0.25, -0.2) is 0 Å². The Morgan fingerprint density at radius 3 is 2.61 bits per heavy atom. The average Bonchev–Trinajstić information content (AvgIpc) is 2.72. The molecule has 0 amide bonds. The summed E-state index contributed by atoms with van der Waals surface area (Å²) in [6, 6.07) is 11.2. The molecule has 0 aliphatic carbocycles. The van der Waals surface area contributed by atoms with Crippen LogP contribution < -0.4 is 10.6 Å². The summed E-state index contributed by atoms with van der Waals surface area (Å²) in [5.74, 6) is 0.786. The smallest absolute Gasteiger partial charge is 0.305 e. The van der Waals surface area contributed by atoms with Crippen LogP contribution in [0.1, 0.15) is 51.0 Å². The molecule has 0 bridgehead atoms. The van der Waals surface area contributed by atoms with Gasteiger partial charge in [0.2, 0.25) is 0 Å². The van der Waals surface area contributed by atoms with E-state index in [0.29, 0.717) is 12.5 Å². The van der Waals surface area contributed by atoms with Crippen molar-refractivity contribution < 1.29 is 9.53 Å². The molecule has 28 heavy (non-hydrogen) atoms. The molecule has 0 radical (unpaired) electrons. The van der Waals surface area contributed by atoms with E-state index >= 15 is 0 Å². The molecule has 0 atom stereocenters. The molecule has 1 aromatic carbocycles. The van der Waals surface area contributed by atoms with Gasteiger partial charge in [-0.05, 0) is 38.2 Å². The van der Waals surface area contributed by atoms with E-state index in [1.54, 1.807) is 0 Å². The van der Waals surface area contributed by atoms with Gasteiger partial charge in [-0.2, -0.15) is 0 Å². The average molecular weight is 389 g/mol. The number of guanidine groups is 1. The molecule has 0 saturated carbocycles. The second-order valence-electron chi connectivity index (χ2n) is 7.33. The van der Waals surface area contributed by atoms with Crippen molar-refractivity contribution in [3.63, 3.8) is 0 Å². The van der Waals surface area contributed by atoms with Crippen molar-refractivity contribution in [3.8, 4) is 0 Å². The number of carbonyl (C=O) groups is 1. The Balaban J connectivity index is 1.67. The number of hydrogen-bond acceptors (Lipinski definition) is 4. The number of piperidine rings is 1. The first-order valence-corrected chi connectivity index (χ1v) is 10.6. The van der Waals surface area contributed by atoms with E-state index < -0.39 is 0 Å². The Morgan fingerprint density at radius 1 is 1.18 bits per heavy atom. The van der Waals surface area contributed by atoms with E-state index in [1.165, 1.54) is 12.7 Å². The molecule has 1 saturated heterocycles. The highest BCUT2D eigenvalue weighted by molar-refractivity contribution is 5.80. The summed E-state index contributed by atoms with van der Waals surface area (Å²) >= 11 is 0. The molecule has 6 nitrogen and oxygen atoms in total. The first kappa shape index (κ1) is 22.2. The minimum atomic E-state index is -0.128. The van der Waals surface area contributed by atoms with Crippen LogP contribution in [-0.4, -0.2) is 56.2 Å². The van der Waals surface area contributed by atoms with Crippen molar-refractivity contribution in [3.05, 3.63) is 35.9 Å². The maximum absolute atomic E-state index is 11.1. The van der Waals surface area contributed by atoms with Crippen molar-refractivity contribution in [2.45, 2.75) is 58.0 Å². The number of rotatable bonds is 10. The molecule has 156 valence electrons. The van der Waals surface area contributed by atoms with Crippen LogP contribution in [0.15, 0.2) is 35.3 Å². The van der Waals surface area contributed by atoms with Crippen LogP contribution >= 0.6 is 0 Å². The predicted molar refractivity (Wildman–Crippen MR) is 114 cm³/mol.